The Morgan fingerprint density at radius 1 is 0.963 bits per heavy atom. The number of carboxylic acids is 1. The molecule has 1 amide bonds. The first-order valence-electron chi connectivity index (χ1n) is 8.95. The topological polar surface area (TPSA) is 121 Å². The summed E-state index contributed by atoms with van der Waals surface area (Å²) < 4.78 is 0. The lowest BCUT2D eigenvalue weighted by Crippen LogP contribution is -2.12. The Balaban J connectivity index is 0.000000387. The number of aryl methyl sites for hydroxylation is 1. The van der Waals surface area contributed by atoms with Crippen LogP contribution in [0.1, 0.15) is 44.6 Å². The summed E-state index contributed by atoms with van der Waals surface area (Å²) in [5, 5.41) is 28.2. The highest BCUT2D eigenvalue weighted by molar-refractivity contribution is 5.79. The zero-order valence-electron chi connectivity index (χ0n) is 15.5. The lowest BCUT2D eigenvalue weighted by Gasteiger charge is -2.10. The normalized spacial score (nSPS) is 9.96. The zero-order valence-corrected chi connectivity index (χ0v) is 15.5. The van der Waals surface area contributed by atoms with E-state index >= 15 is 0 Å². The van der Waals surface area contributed by atoms with Gasteiger partial charge in [0.1, 0.15) is 11.5 Å². The molecule has 0 radical (unpaired) electrons. The molecule has 0 atom stereocenters. The first-order chi connectivity index (χ1) is 12.8. The van der Waals surface area contributed by atoms with Crippen molar-refractivity contribution in [3.8, 4) is 22.6 Å². The molecule has 27 heavy (non-hydrogen) atoms. The van der Waals surface area contributed by atoms with Crippen LogP contribution in [0.2, 0.25) is 0 Å². The number of amides is 1. The number of aromatic hydroxyl groups is 2. The van der Waals surface area contributed by atoms with Crippen molar-refractivity contribution in [1.82, 2.24) is 0 Å². The van der Waals surface area contributed by atoms with Crippen LogP contribution in [0.25, 0.3) is 11.1 Å². The molecule has 0 aliphatic rings. The van der Waals surface area contributed by atoms with Gasteiger partial charge in [-0.3, -0.25) is 9.59 Å². The molecule has 6 nitrogen and oxygen atoms in total. The number of carbonyl (C=O) groups excluding carboxylic acids is 1. The van der Waals surface area contributed by atoms with Gasteiger partial charge in [-0.05, 0) is 36.1 Å². The van der Waals surface area contributed by atoms with E-state index in [0.29, 0.717) is 5.56 Å². The average Bonchev–Trinajstić information content (AvgIpc) is 2.61. The van der Waals surface area contributed by atoms with Gasteiger partial charge < -0.3 is 21.1 Å². The Bertz CT molecular complexity index is 706. The quantitative estimate of drug-likeness (QED) is 0.524. The summed E-state index contributed by atoms with van der Waals surface area (Å²) in [6.07, 6.45) is 4.07. The Kier molecular flexibility index (Phi) is 9.43. The van der Waals surface area contributed by atoms with Gasteiger partial charge in [0.25, 0.3) is 0 Å². The third-order valence-corrected chi connectivity index (χ3v) is 3.87. The molecule has 2 aromatic rings. The van der Waals surface area contributed by atoms with Gasteiger partial charge in [-0.2, -0.15) is 0 Å². The summed E-state index contributed by atoms with van der Waals surface area (Å²) in [5.41, 5.74) is 6.97. The number of benzene rings is 2. The molecule has 0 saturated carbocycles. The maximum Gasteiger partial charge on any atom is 0.303 e. The number of carboxylic acid groups (broad SMARTS) is 1. The third-order valence-electron chi connectivity index (χ3n) is 3.87. The van der Waals surface area contributed by atoms with Gasteiger partial charge >= 0.3 is 5.97 Å². The number of phenols is 2. The summed E-state index contributed by atoms with van der Waals surface area (Å²) in [5.74, 6) is -1.27. The Hall–Kier alpha value is -3.02. The number of hydrogen-bond donors (Lipinski definition) is 4. The van der Waals surface area contributed by atoms with Gasteiger partial charge in [0.05, 0.1) is 12.0 Å². The largest absolute Gasteiger partial charge is 0.507 e. The van der Waals surface area contributed by atoms with Crippen LogP contribution in [0.4, 0.5) is 0 Å². The van der Waals surface area contributed by atoms with E-state index in [4.69, 9.17) is 5.11 Å². The molecule has 2 aromatic carbocycles. The molecule has 0 heterocycles. The van der Waals surface area contributed by atoms with Crippen molar-refractivity contribution in [1.29, 1.82) is 0 Å². The number of unbranched alkanes of at least 4 members (excludes halogenated alkanes) is 2. The number of primary amides is 1. The van der Waals surface area contributed by atoms with E-state index in [-0.39, 0.29) is 24.3 Å². The molecule has 0 aliphatic carbocycles. The van der Waals surface area contributed by atoms with Gasteiger partial charge in [0.2, 0.25) is 5.91 Å². The predicted octanol–water partition coefficient (Wildman–Crippen LogP) is 3.83. The van der Waals surface area contributed by atoms with E-state index in [1.54, 1.807) is 12.1 Å². The molecule has 5 N–H and O–H groups in total. The molecule has 0 spiro atoms. The molecule has 0 unspecified atom stereocenters. The van der Waals surface area contributed by atoms with Gasteiger partial charge in [-0.15, -0.1) is 0 Å². The average molecular weight is 373 g/mol. The summed E-state index contributed by atoms with van der Waals surface area (Å²) in [4.78, 5) is 19.6. The first kappa shape index (κ1) is 22.0. The minimum atomic E-state index is -0.996. The van der Waals surface area contributed by atoms with Gasteiger partial charge in [0.15, 0.2) is 0 Å². The van der Waals surface area contributed by atoms with Crippen LogP contribution < -0.4 is 5.73 Å². The molecule has 0 aromatic heterocycles. The summed E-state index contributed by atoms with van der Waals surface area (Å²) in [6.45, 7) is 2.16. The minimum Gasteiger partial charge on any atom is -0.507 e. The number of rotatable bonds is 8. The van der Waals surface area contributed by atoms with E-state index < -0.39 is 11.9 Å². The minimum absolute atomic E-state index is 0.0741. The van der Waals surface area contributed by atoms with E-state index in [0.717, 1.165) is 24.0 Å². The van der Waals surface area contributed by atoms with Crippen molar-refractivity contribution < 1.29 is 24.9 Å². The molecule has 0 bridgehead atoms. The van der Waals surface area contributed by atoms with E-state index in [1.807, 2.05) is 30.3 Å². The van der Waals surface area contributed by atoms with Crippen molar-refractivity contribution in [2.45, 2.75) is 45.4 Å². The van der Waals surface area contributed by atoms with Crippen LogP contribution in [0, 0.1) is 0 Å². The van der Waals surface area contributed by atoms with Crippen LogP contribution in [-0.4, -0.2) is 27.2 Å². The van der Waals surface area contributed by atoms with Crippen molar-refractivity contribution in [2.24, 2.45) is 5.73 Å². The van der Waals surface area contributed by atoms with Crippen LogP contribution in [0.3, 0.4) is 0 Å². The van der Waals surface area contributed by atoms with E-state index in [2.05, 4.69) is 12.7 Å². The lowest BCUT2D eigenvalue weighted by molar-refractivity contribution is -0.138. The number of nitrogens with two attached hydrogens (primary N) is 1. The lowest BCUT2D eigenvalue weighted by atomic mass is 9.99. The second kappa shape index (κ2) is 11.6. The molecular weight excluding hydrogens is 346 g/mol. The summed E-state index contributed by atoms with van der Waals surface area (Å²) in [6, 6.07) is 13.0. The van der Waals surface area contributed by atoms with Crippen molar-refractivity contribution >= 4 is 11.9 Å². The van der Waals surface area contributed by atoms with Crippen LogP contribution in [-0.2, 0) is 16.0 Å². The van der Waals surface area contributed by atoms with Crippen molar-refractivity contribution in [3.63, 3.8) is 0 Å². The van der Waals surface area contributed by atoms with Crippen LogP contribution in [0.15, 0.2) is 42.5 Å². The van der Waals surface area contributed by atoms with Gasteiger partial charge in [0, 0.05) is 6.42 Å². The Labute approximate surface area is 159 Å². The second-order valence-electron chi connectivity index (χ2n) is 6.19. The Morgan fingerprint density at radius 3 is 2.00 bits per heavy atom. The molecule has 0 aliphatic heterocycles. The Morgan fingerprint density at radius 2 is 1.56 bits per heavy atom. The fourth-order valence-corrected chi connectivity index (χ4v) is 2.52. The maximum absolute atomic E-state index is 10.1. The van der Waals surface area contributed by atoms with Crippen LogP contribution in [0.5, 0.6) is 11.5 Å². The summed E-state index contributed by atoms with van der Waals surface area (Å²) >= 11 is 0. The number of phenolic OH excluding ortho intramolecular Hbond substituents is 2. The zero-order chi connectivity index (χ0) is 20.2. The fourth-order valence-electron chi connectivity index (χ4n) is 2.52. The number of aliphatic carboxylic acids is 1. The highest BCUT2D eigenvalue weighted by Gasteiger charge is 2.11. The standard InChI is InChI=1S/C17H20O2.C4H7NO3/c1-2-3-5-8-13-11-15(18)17(16(19)12-13)14-9-6-4-7-10-14;5-3(6)1-2-4(7)8/h4,6-7,9-12,18-19H,2-3,5,8H2,1H3;1-2H2,(H2,5,6)(H,7,8). The molecular formula is C21H27NO5. The monoisotopic (exact) mass is 373 g/mol. The number of carbonyl (C=O) groups is 2. The van der Waals surface area contributed by atoms with Gasteiger partial charge in [-0.1, -0.05) is 50.1 Å². The predicted molar refractivity (Wildman–Crippen MR) is 105 cm³/mol. The first-order valence-corrected chi connectivity index (χ1v) is 8.95. The number of hydrogen-bond acceptors (Lipinski definition) is 4. The highest BCUT2D eigenvalue weighted by atomic mass is 16.4. The van der Waals surface area contributed by atoms with Crippen molar-refractivity contribution in [3.05, 3.63) is 48.0 Å². The van der Waals surface area contributed by atoms with Gasteiger partial charge in [-0.25, -0.2) is 0 Å². The maximum atomic E-state index is 10.1. The highest BCUT2D eigenvalue weighted by Crippen LogP contribution is 2.38. The van der Waals surface area contributed by atoms with E-state index in [9.17, 15) is 19.8 Å². The molecule has 2 rings (SSSR count). The fraction of sp³-hybridized carbons (Fsp3) is 0.333. The molecule has 0 fully saturated rings. The molecule has 6 heteroatoms. The second-order valence-corrected chi connectivity index (χ2v) is 6.19. The van der Waals surface area contributed by atoms with E-state index in [1.165, 1.54) is 12.8 Å². The van der Waals surface area contributed by atoms with Crippen LogP contribution >= 0.6 is 0 Å². The summed E-state index contributed by atoms with van der Waals surface area (Å²) in [7, 11) is 0. The molecule has 146 valence electrons. The third kappa shape index (κ3) is 8.27. The SMILES string of the molecule is CCCCCc1cc(O)c(-c2ccccc2)c(O)c1.NC(=O)CCC(=O)O. The smallest absolute Gasteiger partial charge is 0.303 e. The van der Waals surface area contributed by atoms with Crippen molar-refractivity contribution in [2.75, 3.05) is 0 Å². The molecule has 0 saturated heterocycles.